The number of rotatable bonds is 6. The van der Waals surface area contributed by atoms with Gasteiger partial charge in [0.2, 0.25) is 0 Å². The Kier molecular flexibility index (Phi) is 7.43. The molecular weight excluding hydrogens is 350 g/mol. The molecule has 1 aliphatic rings. The van der Waals surface area contributed by atoms with Crippen LogP contribution in [0.5, 0.6) is 0 Å². The highest BCUT2D eigenvalue weighted by Gasteiger charge is 2.19. The molecule has 1 aliphatic heterocycles. The zero-order chi connectivity index (χ0) is 17.8. The smallest absolute Gasteiger partial charge is 0.257 e. The predicted molar refractivity (Wildman–Crippen MR) is 108 cm³/mol. The first-order valence-corrected chi connectivity index (χ1v) is 9.16. The molecule has 2 heterocycles. The van der Waals surface area contributed by atoms with Gasteiger partial charge in [0.05, 0.1) is 0 Å². The van der Waals surface area contributed by atoms with E-state index in [-0.39, 0.29) is 12.4 Å². The van der Waals surface area contributed by atoms with Crippen LogP contribution < -0.4 is 10.2 Å². The lowest BCUT2D eigenvalue weighted by Crippen LogP contribution is -2.48. The second kappa shape index (κ2) is 9.35. The number of nitrogens with zero attached hydrogens (tertiary/aromatic N) is 4. The van der Waals surface area contributed by atoms with E-state index in [2.05, 4.69) is 70.3 Å². The summed E-state index contributed by atoms with van der Waals surface area (Å²) >= 11 is 0. The molecule has 0 saturated carbocycles. The van der Waals surface area contributed by atoms with Gasteiger partial charge in [0.15, 0.2) is 5.82 Å². The molecule has 1 unspecified atom stereocenters. The Hall–Kier alpha value is -1.63. The van der Waals surface area contributed by atoms with Gasteiger partial charge in [0, 0.05) is 55.9 Å². The van der Waals surface area contributed by atoms with E-state index in [9.17, 15) is 0 Å². The molecular formula is C19H30ClN5O. The topological polar surface area (TPSA) is 57.4 Å². The summed E-state index contributed by atoms with van der Waals surface area (Å²) in [7, 11) is 1.94. The van der Waals surface area contributed by atoms with E-state index in [0.29, 0.717) is 18.0 Å². The summed E-state index contributed by atoms with van der Waals surface area (Å²) in [5.41, 5.74) is 2.23. The average molecular weight is 380 g/mol. The standard InChI is InChI=1S/C19H29N5O.ClH/c1-14(2)23-9-11-24(12-10-23)17-7-5-16(6-8-17)19-21-18(22-25-19)13-15(3)20-4;/h5-8,14-15,20H,9-13H2,1-4H3;1H. The Morgan fingerprint density at radius 3 is 2.31 bits per heavy atom. The molecule has 0 aliphatic carbocycles. The molecule has 1 atom stereocenters. The summed E-state index contributed by atoms with van der Waals surface area (Å²) in [4.78, 5) is 9.47. The van der Waals surface area contributed by atoms with Gasteiger partial charge >= 0.3 is 0 Å². The summed E-state index contributed by atoms with van der Waals surface area (Å²) < 4.78 is 5.41. The number of halogens is 1. The number of likely N-dealkylation sites (N-methyl/N-ethyl adjacent to an activating group) is 1. The van der Waals surface area contributed by atoms with E-state index in [4.69, 9.17) is 4.52 Å². The monoisotopic (exact) mass is 379 g/mol. The number of anilines is 1. The van der Waals surface area contributed by atoms with Crippen LogP contribution in [0, 0.1) is 0 Å². The molecule has 2 aromatic rings. The maximum atomic E-state index is 5.41. The number of benzene rings is 1. The Morgan fingerprint density at radius 2 is 1.73 bits per heavy atom. The van der Waals surface area contributed by atoms with E-state index >= 15 is 0 Å². The second-order valence-electron chi connectivity index (χ2n) is 7.07. The molecule has 0 radical (unpaired) electrons. The van der Waals surface area contributed by atoms with Crippen molar-refractivity contribution in [3.63, 3.8) is 0 Å². The zero-order valence-electron chi connectivity index (χ0n) is 16.1. The molecule has 26 heavy (non-hydrogen) atoms. The highest BCUT2D eigenvalue weighted by atomic mass is 35.5. The Morgan fingerprint density at radius 1 is 1.08 bits per heavy atom. The fourth-order valence-corrected chi connectivity index (χ4v) is 3.14. The lowest BCUT2D eigenvalue weighted by molar-refractivity contribution is 0.209. The van der Waals surface area contributed by atoms with Gasteiger partial charge in [-0.05, 0) is 52.1 Å². The van der Waals surface area contributed by atoms with Crippen molar-refractivity contribution >= 4 is 18.1 Å². The second-order valence-corrected chi connectivity index (χ2v) is 7.07. The highest BCUT2D eigenvalue weighted by molar-refractivity contribution is 5.85. The van der Waals surface area contributed by atoms with Crippen molar-refractivity contribution < 1.29 is 4.52 Å². The molecule has 1 fully saturated rings. The maximum Gasteiger partial charge on any atom is 0.257 e. The summed E-state index contributed by atoms with van der Waals surface area (Å²) in [5, 5.41) is 7.26. The SMILES string of the molecule is CNC(C)Cc1noc(-c2ccc(N3CCN(C(C)C)CC3)cc2)n1.Cl. The van der Waals surface area contributed by atoms with Gasteiger partial charge < -0.3 is 14.7 Å². The third-order valence-electron chi connectivity index (χ3n) is 4.97. The molecule has 0 spiro atoms. The number of hydrogen-bond acceptors (Lipinski definition) is 6. The molecule has 1 saturated heterocycles. The van der Waals surface area contributed by atoms with E-state index in [1.165, 1.54) is 5.69 Å². The lowest BCUT2D eigenvalue weighted by atomic mass is 10.1. The van der Waals surface area contributed by atoms with Crippen LogP contribution >= 0.6 is 12.4 Å². The summed E-state index contributed by atoms with van der Waals surface area (Å²) in [6.45, 7) is 11.0. The number of hydrogen-bond donors (Lipinski definition) is 1. The van der Waals surface area contributed by atoms with Crippen molar-refractivity contribution in [1.82, 2.24) is 20.4 Å². The van der Waals surface area contributed by atoms with Gasteiger partial charge in [-0.3, -0.25) is 4.90 Å². The number of aromatic nitrogens is 2. The van der Waals surface area contributed by atoms with E-state index in [0.717, 1.165) is 44.0 Å². The minimum absolute atomic E-state index is 0. The minimum Gasteiger partial charge on any atom is -0.369 e. The maximum absolute atomic E-state index is 5.41. The van der Waals surface area contributed by atoms with Gasteiger partial charge in [-0.1, -0.05) is 5.16 Å². The van der Waals surface area contributed by atoms with Crippen LogP contribution in [0.25, 0.3) is 11.5 Å². The van der Waals surface area contributed by atoms with Crippen LogP contribution in [0.1, 0.15) is 26.6 Å². The number of nitrogens with one attached hydrogen (secondary N) is 1. The van der Waals surface area contributed by atoms with Crippen molar-refractivity contribution in [2.75, 3.05) is 38.1 Å². The molecule has 3 rings (SSSR count). The minimum atomic E-state index is 0. The summed E-state index contributed by atoms with van der Waals surface area (Å²) in [5.74, 6) is 1.33. The van der Waals surface area contributed by atoms with Crippen molar-refractivity contribution in [2.24, 2.45) is 0 Å². The van der Waals surface area contributed by atoms with Gasteiger partial charge in [0.1, 0.15) is 0 Å². The van der Waals surface area contributed by atoms with Crippen LogP contribution in [0.15, 0.2) is 28.8 Å². The molecule has 6 nitrogen and oxygen atoms in total. The van der Waals surface area contributed by atoms with Crippen LogP contribution in [0.2, 0.25) is 0 Å². The van der Waals surface area contributed by atoms with Crippen LogP contribution in [-0.2, 0) is 6.42 Å². The Bertz CT molecular complexity index is 665. The third kappa shape index (κ3) is 4.96. The molecule has 0 amide bonds. The molecule has 0 bridgehead atoms. The molecule has 1 aromatic carbocycles. The molecule has 144 valence electrons. The summed E-state index contributed by atoms with van der Waals surface area (Å²) in [6.07, 6.45) is 0.762. The first-order chi connectivity index (χ1) is 12.1. The van der Waals surface area contributed by atoms with E-state index in [1.807, 2.05) is 7.05 Å². The Labute approximate surface area is 162 Å². The van der Waals surface area contributed by atoms with Crippen LogP contribution in [0.4, 0.5) is 5.69 Å². The normalized spacial score (nSPS) is 16.6. The predicted octanol–water partition coefficient (Wildman–Crippen LogP) is 2.84. The van der Waals surface area contributed by atoms with Crippen molar-refractivity contribution in [2.45, 2.75) is 39.3 Å². The van der Waals surface area contributed by atoms with Gasteiger partial charge in [0.25, 0.3) is 5.89 Å². The largest absolute Gasteiger partial charge is 0.369 e. The average Bonchev–Trinajstić information content (AvgIpc) is 3.10. The van der Waals surface area contributed by atoms with Gasteiger partial charge in [-0.25, -0.2) is 0 Å². The first-order valence-electron chi connectivity index (χ1n) is 9.16. The fraction of sp³-hybridized carbons (Fsp3) is 0.579. The van der Waals surface area contributed by atoms with Crippen molar-refractivity contribution in [1.29, 1.82) is 0 Å². The first kappa shape index (κ1) is 20.7. The molecule has 7 heteroatoms. The fourth-order valence-electron chi connectivity index (χ4n) is 3.14. The summed E-state index contributed by atoms with van der Waals surface area (Å²) in [6, 6.07) is 9.41. The number of piperazine rings is 1. The van der Waals surface area contributed by atoms with E-state index < -0.39 is 0 Å². The van der Waals surface area contributed by atoms with Crippen LogP contribution in [-0.4, -0.2) is 60.4 Å². The molecule has 1 aromatic heterocycles. The quantitative estimate of drug-likeness (QED) is 0.832. The lowest BCUT2D eigenvalue weighted by Gasteiger charge is -2.38. The zero-order valence-corrected chi connectivity index (χ0v) is 16.9. The van der Waals surface area contributed by atoms with Crippen molar-refractivity contribution in [3.8, 4) is 11.5 Å². The van der Waals surface area contributed by atoms with Gasteiger partial charge in [-0.2, -0.15) is 4.98 Å². The van der Waals surface area contributed by atoms with E-state index in [1.54, 1.807) is 0 Å². The Balaban J connectivity index is 0.00000243. The third-order valence-corrected chi connectivity index (χ3v) is 4.97. The van der Waals surface area contributed by atoms with Crippen LogP contribution in [0.3, 0.4) is 0 Å². The van der Waals surface area contributed by atoms with Crippen molar-refractivity contribution in [3.05, 3.63) is 30.1 Å². The van der Waals surface area contributed by atoms with Gasteiger partial charge in [-0.15, -0.1) is 12.4 Å². The highest BCUT2D eigenvalue weighted by Crippen LogP contribution is 2.23. The molecule has 1 N–H and O–H groups in total.